The van der Waals surface area contributed by atoms with Gasteiger partial charge in [0.05, 0.1) is 23.3 Å². The summed E-state index contributed by atoms with van der Waals surface area (Å²) in [5.41, 5.74) is 3.82. The zero-order valence-electron chi connectivity index (χ0n) is 22.3. The molecule has 2 aromatic carbocycles. The summed E-state index contributed by atoms with van der Waals surface area (Å²) in [7, 11) is 2.04. The average Bonchev–Trinajstić information content (AvgIpc) is 3.80. The third-order valence-electron chi connectivity index (χ3n) is 8.99. The fourth-order valence-corrected chi connectivity index (χ4v) is 8.10. The van der Waals surface area contributed by atoms with Crippen molar-refractivity contribution in [2.24, 2.45) is 24.8 Å². The topological polar surface area (TPSA) is 65.8 Å². The molecule has 0 saturated heterocycles. The maximum atomic E-state index is 14.0. The molecule has 2 fully saturated rings. The number of thioether (sulfide) groups is 1. The normalized spacial score (nSPS) is 21.1. The van der Waals surface area contributed by atoms with E-state index >= 15 is 0 Å². The van der Waals surface area contributed by atoms with Crippen LogP contribution in [0.15, 0.2) is 82.6 Å². The number of carbonyl (C=O) groups excluding carboxylic acids is 1. The van der Waals surface area contributed by atoms with E-state index < -0.39 is 0 Å². The van der Waals surface area contributed by atoms with Gasteiger partial charge in [-0.15, -0.1) is 10.2 Å². The van der Waals surface area contributed by atoms with Crippen LogP contribution in [-0.2, 0) is 7.05 Å². The molecule has 0 unspecified atom stereocenters. The Morgan fingerprint density at radius 1 is 1.03 bits per heavy atom. The lowest BCUT2D eigenvalue weighted by Gasteiger charge is -2.30. The first-order chi connectivity index (χ1) is 19.1. The van der Waals surface area contributed by atoms with Crippen LogP contribution >= 0.6 is 11.8 Å². The van der Waals surface area contributed by atoms with Gasteiger partial charge in [0.1, 0.15) is 0 Å². The molecule has 6 nitrogen and oxygen atoms in total. The van der Waals surface area contributed by atoms with Gasteiger partial charge in [-0.1, -0.05) is 66.7 Å². The van der Waals surface area contributed by atoms with E-state index in [4.69, 9.17) is 4.42 Å². The van der Waals surface area contributed by atoms with Crippen LogP contribution in [0.25, 0.3) is 33.7 Å². The quantitative estimate of drug-likeness (QED) is 0.150. The monoisotopic (exact) mass is 536 g/mol. The van der Waals surface area contributed by atoms with Crippen molar-refractivity contribution in [3.8, 4) is 22.8 Å². The van der Waals surface area contributed by atoms with Gasteiger partial charge >= 0.3 is 0 Å². The molecule has 7 heteroatoms. The fraction of sp³-hybridized carbons (Fsp3) is 0.344. The molecule has 7 rings (SSSR count). The number of benzene rings is 2. The highest BCUT2D eigenvalue weighted by atomic mass is 32.2. The number of furan rings is 1. The van der Waals surface area contributed by atoms with Gasteiger partial charge in [0.2, 0.25) is 5.82 Å². The third-order valence-corrected chi connectivity index (χ3v) is 9.93. The maximum Gasteiger partial charge on any atom is 0.200 e. The van der Waals surface area contributed by atoms with E-state index in [1.165, 1.54) is 37.4 Å². The average molecular weight is 537 g/mol. The number of hydrogen-bond donors (Lipinski definition) is 0. The van der Waals surface area contributed by atoms with Gasteiger partial charge in [-0.3, -0.25) is 9.36 Å². The molecule has 2 saturated carbocycles. The second-order valence-electron chi connectivity index (χ2n) is 11.1. The number of ketones is 1. The first-order valence-corrected chi connectivity index (χ1v) is 14.9. The Morgan fingerprint density at radius 3 is 2.59 bits per heavy atom. The Kier molecular flexibility index (Phi) is 6.19. The fourth-order valence-electron chi connectivity index (χ4n) is 7.20. The Hall–Kier alpha value is -3.58. The van der Waals surface area contributed by atoms with Crippen molar-refractivity contribution in [3.05, 3.63) is 78.6 Å². The lowest BCUT2D eigenvalue weighted by molar-refractivity contribution is 0.102. The molecule has 2 aliphatic carbocycles. The summed E-state index contributed by atoms with van der Waals surface area (Å²) >= 11 is 1.49. The molecule has 0 radical (unpaired) electrons. The van der Waals surface area contributed by atoms with Crippen molar-refractivity contribution in [2.75, 3.05) is 5.75 Å². The molecule has 3 heterocycles. The van der Waals surface area contributed by atoms with E-state index in [1.54, 1.807) is 6.26 Å². The van der Waals surface area contributed by atoms with E-state index in [9.17, 15) is 4.79 Å². The minimum Gasteiger partial charge on any atom is -0.461 e. The number of para-hydroxylation sites is 1. The predicted molar refractivity (Wildman–Crippen MR) is 155 cm³/mol. The summed E-state index contributed by atoms with van der Waals surface area (Å²) < 4.78 is 10.1. The van der Waals surface area contributed by atoms with Crippen LogP contribution in [0, 0.1) is 17.8 Å². The number of hydrogen-bond acceptors (Lipinski definition) is 5. The smallest absolute Gasteiger partial charge is 0.200 e. The van der Waals surface area contributed by atoms with Gasteiger partial charge in [-0.25, -0.2) is 0 Å². The number of carbonyl (C=O) groups is 1. The van der Waals surface area contributed by atoms with Crippen molar-refractivity contribution < 1.29 is 9.21 Å². The molecule has 5 aromatic rings. The molecule has 0 N–H and O–H groups in total. The second-order valence-corrected chi connectivity index (χ2v) is 12.1. The van der Waals surface area contributed by atoms with E-state index in [1.807, 2.05) is 55.6 Å². The SMILES string of the molecule is C[C@H]([C@H]1C[C@@H]2CC[C@H]1C2)n1c(SCC(=O)c2c(-c3ccccc3)n(C)c3ccccc23)nnc1-c1ccco1. The molecule has 39 heavy (non-hydrogen) atoms. The summed E-state index contributed by atoms with van der Waals surface area (Å²) in [5, 5.41) is 10.9. The van der Waals surface area contributed by atoms with E-state index in [0.717, 1.165) is 56.3 Å². The van der Waals surface area contributed by atoms with Crippen molar-refractivity contribution in [1.29, 1.82) is 0 Å². The predicted octanol–water partition coefficient (Wildman–Crippen LogP) is 7.67. The number of fused-ring (bicyclic) bond motifs is 3. The van der Waals surface area contributed by atoms with Gasteiger partial charge in [0.25, 0.3) is 0 Å². The van der Waals surface area contributed by atoms with Crippen LogP contribution in [0.3, 0.4) is 0 Å². The van der Waals surface area contributed by atoms with E-state index in [-0.39, 0.29) is 17.6 Å². The number of aromatic nitrogens is 4. The van der Waals surface area contributed by atoms with Crippen molar-refractivity contribution in [1.82, 2.24) is 19.3 Å². The van der Waals surface area contributed by atoms with Gasteiger partial charge in [0, 0.05) is 24.0 Å². The highest BCUT2D eigenvalue weighted by Crippen LogP contribution is 2.53. The zero-order valence-corrected chi connectivity index (χ0v) is 23.1. The van der Waals surface area contributed by atoms with Crippen LogP contribution in [-0.4, -0.2) is 30.9 Å². The van der Waals surface area contributed by atoms with Crippen LogP contribution in [0.4, 0.5) is 0 Å². The first-order valence-electron chi connectivity index (χ1n) is 13.9. The Morgan fingerprint density at radius 2 is 1.85 bits per heavy atom. The molecule has 4 atom stereocenters. The highest BCUT2D eigenvalue weighted by molar-refractivity contribution is 7.99. The maximum absolute atomic E-state index is 14.0. The van der Waals surface area contributed by atoms with E-state index in [2.05, 4.69) is 44.5 Å². The standard InChI is InChI=1S/C32H32N4O2S/c1-20(25-18-21-14-15-23(25)17-21)36-31(28-13-8-16-38-28)33-34-32(36)39-19-27(37)29-24-11-6-7-12-26(24)35(2)30(29)22-9-4-3-5-10-22/h3-13,16,20-21,23,25H,14-15,17-19H2,1-2H3/t20-,21-,23+,25-/m1/s1. The summed E-state index contributed by atoms with van der Waals surface area (Å²) in [6.45, 7) is 2.30. The Balaban J connectivity index is 1.24. The van der Waals surface area contributed by atoms with E-state index in [0.29, 0.717) is 5.92 Å². The molecular weight excluding hydrogens is 504 g/mol. The highest BCUT2D eigenvalue weighted by Gasteiger charge is 2.43. The molecule has 3 aromatic heterocycles. The molecule has 198 valence electrons. The van der Waals surface area contributed by atoms with Gasteiger partial charge in [-0.2, -0.15) is 0 Å². The lowest BCUT2D eigenvalue weighted by Crippen LogP contribution is -2.23. The number of rotatable bonds is 8. The lowest BCUT2D eigenvalue weighted by atomic mass is 9.84. The van der Waals surface area contributed by atoms with Crippen LogP contribution < -0.4 is 0 Å². The summed E-state index contributed by atoms with van der Waals surface area (Å²) in [5.74, 6) is 4.07. The minimum absolute atomic E-state index is 0.0947. The third kappa shape index (κ3) is 4.15. The largest absolute Gasteiger partial charge is 0.461 e. The van der Waals surface area contributed by atoms with Gasteiger partial charge in [-0.05, 0) is 67.7 Å². The van der Waals surface area contributed by atoms with Crippen molar-refractivity contribution in [3.63, 3.8) is 0 Å². The summed E-state index contributed by atoms with van der Waals surface area (Å²) in [6, 6.07) is 22.4. The van der Waals surface area contributed by atoms with Crippen LogP contribution in [0.1, 0.15) is 49.0 Å². The zero-order chi connectivity index (χ0) is 26.5. The van der Waals surface area contributed by atoms with Crippen LogP contribution in [0.5, 0.6) is 0 Å². The van der Waals surface area contributed by atoms with Crippen molar-refractivity contribution in [2.45, 2.75) is 43.8 Å². The first kappa shape index (κ1) is 24.5. The number of nitrogens with zero attached hydrogens (tertiary/aromatic N) is 4. The van der Waals surface area contributed by atoms with Gasteiger partial charge < -0.3 is 8.98 Å². The molecule has 2 bridgehead atoms. The van der Waals surface area contributed by atoms with Crippen molar-refractivity contribution >= 4 is 28.4 Å². The summed E-state index contributed by atoms with van der Waals surface area (Å²) in [6.07, 6.45) is 6.98. The number of Topliss-reactive ketones (excluding diaryl/α,β-unsaturated/α-hetero) is 1. The molecular formula is C32H32N4O2S. The van der Waals surface area contributed by atoms with Gasteiger partial charge in [0.15, 0.2) is 16.7 Å². The molecule has 2 aliphatic rings. The number of aryl methyl sites for hydroxylation is 1. The molecule has 0 amide bonds. The molecule has 0 aliphatic heterocycles. The minimum atomic E-state index is 0.0947. The van der Waals surface area contributed by atoms with Crippen LogP contribution in [0.2, 0.25) is 0 Å². The summed E-state index contributed by atoms with van der Waals surface area (Å²) in [4.78, 5) is 14.0. The Labute approximate surface area is 232 Å². The second kappa shape index (κ2) is 9.87. The Bertz CT molecular complexity index is 1640. The molecule has 0 spiro atoms.